The van der Waals surface area contributed by atoms with Gasteiger partial charge in [0.25, 0.3) is 0 Å². The van der Waals surface area contributed by atoms with Crippen LogP contribution in [0.1, 0.15) is 0 Å². The molecule has 1 aromatic carbocycles. The van der Waals surface area contributed by atoms with Gasteiger partial charge in [-0.05, 0) is 28.1 Å². The van der Waals surface area contributed by atoms with E-state index in [-0.39, 0.29) is 10.6 Å². The zero-order valence-corrected chi connectivity index (χ0v) is 9.07. The Morgan fingerprint density at radius 3 is 2.29 bits per heavy atom. The lowest BCUT2D eigenvalue weighted by Gasteiger charge is -1.98. The van der Waals surface area contributed by atoms with Gasteiger partial charge in [0.2, 0.25) is 0 Å². The zero-order chi connectivity index (χ0) is 10.1. The quantitative estimate of drug-likeness (QED) is 0.799. The van der Waals surface area contributed by atoms with E-state index in [1.54, 1.807) is 0 Å². The first-order chi connectivity index (χ1) is 6.68. The second-order valence-corrected chi connectivity index (χ2v) is 4.71. The molecule has 1 aromatic heterocycles. The van der Waals surface area contributed by atoms with Gasteiger partial charge in [-0.1, -0.05) is 17.4 Å². The molecule has 14 heavy (non-hydrogen) atoms. The normalized spacial score (nSPS) is 10.5. The fraction of sp³-hybridized carbons (Fsp3) is 0. The van der Waals surface area contributed by atoms with Crippen molar-refractivity contribution in [3.05, 3.63) is 33.8 Å². The standard InChI is InChI=1S/C8H3BrF2N2S/c9-8-13-12-7(14-8)6-4(10)2-1-3-5(6)11/h1-3H. The molecule has 0 aliphatic carbocycles. The van der Waals surface area contributed by atoms with Crippen LogP contribution in [0.5, 0.6) is 0 Å². The smallest absolute Gasteiger partial charge is 0.183 e. The average molecular weight is 277 g/mol. The summed E-state index contributed by atoms with van der Waals surface area (Å²) in [5.74, 6) is -1.26. The fourth-order valence-corrected chi connectivity index (χ4v) is 2.17. The van der Waals surface area contributed by atoms with E-state index < -0.39 is 11.6 Å². The van der Waals surface area contributed by atoms with E-state index in [2.05, 4.69) is 26.1 Å². The Hall–Kier alpha value is -0.880. The highest BCUT2D eigenvalue weighted by molar-refractivity contribution is 9.11. The number of benzene rings is 1. The minimum Gasteiger partial charge on any atom is -0.206 e. The number of hydrogen-bond donors (Lipinski definition) is 0. The van der Waals surface area contributed by atoms with E-state index >= 15 is 0 Å². The van der Waals surface area contributed by atoms with Crippen molar-refractivity contribution in [1.82, 2.24) is 10.2 Å². The van der Waals surface area contributed by atoms with Crippen molar-refractivity contribution in [3.63, 3.8) is 0 Å². The van der Waals surface area contributed by atoms with Crippen LogP contribution < -0.4 is 0 Å². The van der Waals surface area contributed by atoms with Gasteiger partial charge in [-0.3, -0.25) is 0 Å². The van der Waals surface area contributed by atoms with Crippen molar-refractivity contribution in [2.24, 2.45) is 0 Å². The molecular formula is C8H3BrF2N2S. The molecule has 0 amide bonds. The van der Waals surface area contributed by atoms with Crippen LogP contribution in [0, 0.1) is 11.6 Å². The molecule has 0 bridgehead atoms. The van der Waals surface area contributed by atoms with Crippen molar-refractivity contribution >= 4 is 27.3 Å². The molecule has 0 fully saturated rings. The Morgan fingerprint density at radius 1 is 1.14 bits per heavy atom. The van der Waals surface area contributed by atoms with Gasteiger partial charge in [-0.25, -0.2) is 8.78 Å². The molecule has 2 rings (SSSR count). The maximum absolute atomic E-state index is 13.2. The number of nitrogens with zero attached hydrogens (tertiary/aromatic N) is 2. The molecule has 0 unspecified atom stereocenters. The van der Waals surface area contributed by atoms with Crippen LogP contribution in [-0.2, 0) is 0 Å². The molecule has 6 heteroatoms. The van der Waals surface area contributed by atoms with Crippen LogP contribution >= 0.6 is 27.3 Å². The molecule has 0 radical (unpaired) electrons. The van der Waals surface area contributed by atoms with Gasteiger partial charge in [-0.2, -0.15) is 0 Å². The molecule has 0 saturated carbocycles. The third-order valence-electron chi connectivity index (χ3n) is 1.58. The molecule has 72 valence electrons. The van der Waals surface area contributed by atoms with Crippen LogP contribution in [0.2, 0.25) is 0 Å². The topological polar surface area (TPSA) is 25.8 Å². The minimum absolute atomic E-state index is 0.129. The number of rotatable bonds is 1. The summed E-state index contributed by atoms with van der Waals surface area (Å²) < 4.78 is 27.0. The number of aromatic nitrogens is 2. The van der Waals surface area contributed by atoms with Crippen molar-refractivity contribution < 1.29 is 8.78 Å². The summed E-state index contributed by atoms with van der Waals surface area (Å²) in [6.07, 6.45) is 0. The summed E-state index contributed by atoms with van der Waals surface area (Å²) in [6.45, 7) is 0. The minimum atomic E-state index is -0.631. The van der Waals surface area contributed by atoms with Crippen molar-refractivity contribution in [2.45, 2.75) is 0 Å². The Bertz CT molecular complexity index is 452. The maximum Gasteiger partial charge on any atom is 0.183 e. The summed E-state index contributed by atoms with van der Waals surface area (Å²) in [5.41, 5.74) is -0.129. The van der Waals surface area contributed by atoms with Crippen molar-refractivity contribution in [1.29, 1.82) is 0 Å². The van der Waals surface area contributed by atoms with Crippen LogP contribution in [0.3, 0.4) is 0 Å². The molecule has 0 aliphatic heterocycles. The molecule has 2 nitrogen and oxygen atoms in total. The van der Waals surface area contributed by atoms with Crippen LogP contribution in [-0.4, -0.2) is 10.2 Å². The highest BCUT2D eigenvalue weighted by Crippen LogP contribution is 2.30. The summed E-state index contributed by atoms with van der Waals surface area (Å²) in [5, 5.41) is 7.51. The predicted octanol–water partition coefficient (Wildman–Crippen LogP) is 3.25. The first-order valence-corrected chi connectivity index (χ1v) is 5.23. The monoisotopic (exact) mass is 276 g/mol. The van der Waals surface area contributed by atoms with E-state index in [9.17, 15) is 8.78 Å². The molecule has 0 saturated heterocycles. The molecular weight excluding hydrogens is 274 g/mol. The second kappa shape index (κ2) is 3.70. The molecule has 1 heterocycles. The molecule has 0 atom stereocenters. The third kappa shape index (κ3) is 1.67. The maximum atomic E-state index is 13.2. The van der Waals surface area contributed by atoms with Gasteiger partial charge in [0.05, 0.1) is 5.56 Å². The van der Waals surface area contributed by atoms with Crippen molar-refractivity contribution in [2.75, 3.05) is 0 Å². The Morgan fingerprint density at radius 2 is 1.79 bits per heavy atom. The molecule has 0 N–H and O–H groups in total. The molecule has 2 aromatic rings. The first kappa shape index (κ1) is 9.67. The lowest BCUT2D eigenvalue weighted by atomic mass is 10.2. The predicted molar refractivity (Wildman–Crippen MR) is 53.0 cm³/mol. The zero-order valence-electron chi connectivity index (χ0n) is 6.67. The average Bonchev–Trinajstić information content (AvgIpc) is 2.51. The third-order valence-corrected chi connectivity index (χ3v) is 2.95. The number of halogens is 3. The lowest BCUT2D eigenvalue weighted by molar-refractivity contribution is 0.589. The van der Waals surface area contributed by atoms with E-state index in [1.807, 2.05) is 0 Å². The first-order valence-electron chi connectivity index (χ1n) is 3.62. The summed E-state index contributed by atoms with van der Waals surface area (Å²) in [6, 6.07) is 3.69. The van der Waals surface area contributed by atoms with Crippen LogP contribution in [0.25, 0.3) is 10.6 Å². The Labute approximate surface area is 90.7 Å². The molecule has 0 spiro atoms. The Balaban J connectivity index is 2.61. The van der Waals surface area contributed by atoms with Gasteiger partial charge in [-0.15, -0.1) is 10.2 Å². The van der Waals surface area contributed by atoms with Crippen molar-refractivity contribution in [3.8, 4) is 10.6 Å². The van der Waals surface area contributed by atoms with Gasteiger partial charge in [0.1, 0.15) is 11.6 Å². The fourth-order valence-electron chi connectivity index (χ4n) is 1.01. The van der Waals surface area contributed by atoms with Crippen LogP contribution in [0.15, 0.2) is 22.1 Å². The second-order valence-electron chi connectivity index (χ2n) is 2.46. The van der Waals surface area contributed by atoms with Gasteiger partial charge in [0.15, 0.2) is 8.92 Å². The summed E-state index contributed by atoms with van der Waals surface area (Å²) in [7, 11) is 0. The summed E-state index contributed by atoms with van der Waals surface area (Å²) in [4.78, 5) is 0. The van der Waals surface area contributed by atoms with Gasteiger partial charge in [0, 0.05) is 0 Å². The largest absolute Gasteiger partial charge is 0.206 e. The number of hydrogen-bond acceptors (Lipinski definition) is 3. The Kier molecular flexibility index (Phi) is 2.56. The highest BCUT2D eigenvalue weighted by atomic mass is 79.9. The van der Waals surface area contributed by atoms with E-state index in [4.69, 9.17) is 0 Å². The SMILES string of the molecule is Fc1cccc(F)c1-c1nnc(Br)s1. The van der Waals surface area contributed by atoms with E-state index in [0.717, 1.165) is 11.3 Å². The van der Waals surface area contributed by atoms with Crippen LogP contribution in [0.4, 0.5) is 8.78 Å². The van der Waals surface area contributed by atoms with E-state index in [1.165, 1.54) is 18.2 Å². The van der Waals surface area contributed by atoms with Gasteiger partial charge >= 0.3 is 0 Å². The van der Waals surface area contributed by atoms with E-state index in [0.29, 0.717) is 3.92 Å². The summed E-state index contributed by atoms with van der Waals surface area (Å²) >= 11 is 4.16. The molecule has 0 aliphatic rings. The van der Waals surface area contributed by atoms with Gasteiger partial charge < -0.3 is 0 Å². The highest BCUT2D eigenvalue weighted by Gasteiger charge is 2.14. The lowest BCUT2D eigenvalue weighted by Crippen LogP contribution is -1.88.